The number of nitrogens with one attached hydrogen (secondary N) is 1. The molecule has 0 unspecified atom stereocenters. The van der Waals surface area contributed by atoms with Gasteiger partial charge in [-0.05, 0) is 31.4 Å². The van der Waals surface area contributed by atoms with Gasteiger partial charge in [0.1, 0.15) is 12.4 Å². The number of aryl methyl sites for hydroxylation is 1. The van der Waals surface area contributed by atoms with E-state index in [1.54, 1.807) is 28.9 Å². The first-order chi connectivity index (χ1) is 15.3. The molecular weight excluding hydrogens is 410 g/mol. The Labute approximate surface area is 185 Å². The van der Waals surface area contributed by atoms with Gasteiger partial charge in [0.2, 0.25) is 11.7 Å². The van der Waals surface area contributed by atoms with Crippen LogP contribution in [0.4, 0.5) is 0 Å². The summed E-state index contributed by atoms with van der Waals surface area (Å²) in [6.07, 6.45) is 3.20. The van der Waals surface area contributed by atoms with Gasteiger partial charge in [-0.15, -0.1) is 10.2 Å². The molecule has 4 rings (SSSR count). The van der Waals surface area contributed by atoms with Crippen LogP contribution in [0.3, 0.4) is 0 Å². The number of rotatable bonds is 6. The van der Waals surface area contributed by atoms with Crippen LogP contribution in [0.15, 0.2) is 35.1 Å². The minimum atomic E-state index is -0.271. The van der Waals surface area contributed by atoms with Gasteiger partial charge >= 0.3 is 0 Å². The Morgan fingerprint density at radius 2 is 2.06 bits per heavy atom. The highest BCUT2D eigenvalue weighted by atomic mass is 16.5. The number of pyridine rings is 1. The van der Waals surface area contributed by atoms with E-state index in [0.29, 0.717) is 41.0 Å². The molecule has 0 saturated heterocycles. The summed E-state index contributed by atoms with van der Waals surface area (Å²) < 4.78 is 12.9. The fourth-order valence-electron chi connectivity index (χ4n) is 3.36. The van der Waals surface area contributed by atoms with E-state index >= 15 is 0 Å². The molecule has 0 radical (unpaired) electrons. The number of carbonyl (C=O) groups is 1. The van der Waals surface area contributed by atoms with Gasteiger partial charge in [0.05, 0.1) is 23.0 Å². The zero-order valence-electron chi connectivity index (χ0n) is 18.7. The Morgan fingerprint density at radius 1 is 1.25 bits per heavy atom. The molecule has 166 valence electrons. The molecule has 10 heteroatoms. The van der Waals surface area contributed by atoms with Crippen LogP contribution in [0.2, 0.25) is 0 Å². The van der Waals surface area contributed by atoms with E-state index in [-0.39, 0.29) is 17.9 Å². The molecule has 4 heterocycles. The summed E-state index contributed by atoms with van der Waals surface area (Å²) in [5, 5.41) is 19.8. The molecule has 4 aromatic heterocycles. The summed E-state index contributed by atoms with van der Waals surface area (Å²) in [6.45, 7) is 10.7. The number of ether oxygens (including phenoxy) is 1. The molecule has 1 amide bonds. The van der Waals surface area contributed by atoms with E-state index in [4.69, 9.17) is 9.26 Å². The van der Waals surface area contributed by atoms with Gasteiger partial charge in [-0.2, -0.15) is 5.10 Å². The van der Waals surface area contributed by atoms with Crippen molar-refractivity contribution in [1.29, 1.82) is 0 Å². The monoisotopic (exact) mass is 435 g/mol. The van der Waals surface area contributed by atoms with Crippen molar-refractivity contribution in [2.45, 2.75) is 46.6 Å². The first kappa shape index (κ1) is 21.4. The molecule has 0 atom stereocenters. The van der Waals surface area contributed by atoms with Crippen LogP contribution < -0.4 is 10.1 Å². The van der Waals surface area contributed by atoms with Gasteiger partial charge in [-0.1, -0.05) is 25.9 Å². The molecule has 0 fully saturated rings. The van der Waals surface area contributed by atoms with E-state index < -0.39 is 0 Å². The fraction of sp³-hybridized carbons (Fsp3) is 0.364. The Balaban J connectivity index is 1.67. The molecule has 4 aromatic rings. The molecular formula is C22H25N7O3. The predicted molar refractivity (Wildman–Crippen MR) is 116 cm³/mol. The van der Waals surface area contributed by atoms with Crippen molar-refractivity contribution < 1.29 is 14.1 Å². The van der Waals surface area contributed by atoms with Crippen molar-refractivity contribution >= 4 is 11.4 Å². The molecule has 0 aliphatic carbocycles. The van der Waals surface area contributed by atoms with Crippen molar-refractivity contribution in [3.05, 3.63) is 53.2 Å². The number of hydrogen-bond donors (Lipinski definition) is 1. The maximum atomic E-state index is 11.9. The molecule has 0 aliphatic heterocycles. The number of amides is 1. The van der Waals surface area contributed by atoms with Crippen molar-refractivity contribution in [3.8, 4) is 17.4 Å². The lowest BCUT2D eigenvalue weighted by Crippen LogP contribution is -2.22. The first-order valence-corrected chi connectivity index (χ1v) is 10.3. The molecule has 10 nitrogen and oxygen atoms in total. The van der Waals surface area contributed by atoms with Gasteiger partial charge in [0, 0.05) is 24.4 Å². The van der Waals surface area contributed by atoms with Crippen LogP contribution in [0, 0.1) is 6.92 Å². The molecule has 0 spiro atoms. The maximum absolute atomic E-state index is 11.9. The third-order valence-corrected chi connectivity index (χ3v) is 4.81. The fourth-order valence-corrected chi connectivity index (χ4v) is 3.36. The lowest BCUT2D eigenvalue weighted by molar-refractivity contribution is 0.0955. The lowest BCUT2D eigenvalue weighted by Gasteiger charge is -2.18. The average molecular weight is 435 g/mol. The molecule has 0 aliphatic rings. The maximum Gasteiger partial charge on any atom is 0.252 e. The SMILES string of the molecule is CCNC(=O)c1ccc(COc2nn3c(-c4cc(C)on4)nncc3c2C(C)(C)C)nc1. The van der Waals surface area contributed by atoms with Crippen LogP contribution in [-0.4, -0.2) is 42.4 Å². The summed E-state index contributed by atoms with van der Waals surface area (Å²) in [7, 11) is 0. The van der Waals surface area contributed by atoms with E-state index in [0.717, 1.165) is 11.1 Å². The quantitative estimate of drug-likeness (QED) is 0.490. The second-order valence-electron chi connectivity index (χ2n) is 8.40. The Morgan fingerprint density at radius 3 is 2.69 bits per heavy atom. The Kier molecular flexibility index (Phi) is 5.60. The first-order valence-electron chi connectivity index (χ1n) is 10.3. The minimum Gasteiger partial charge on any atom is -0.470 e. The number of carbonyl (C=O) groups excluding carboxylic acids is 1. The molecule has 0 aromatic carbocycles. The van der Waals surface area contributed by atoms with E-state index in [1.807, 2.05) is 13.8 Å². The van der Waals surface area contributed by atoms with Crippen molar-refractivity contribution in [3.63, 3.8) is 0 Å². The molecule has 1 N–H and O–H groups in total. The predicted octanol–water partition coefficient (Wildman–Crippen LogP) is 3.11. The second kappa shape index (κ2) is 8.37. The van der Waals surface area contributed by atoms with E-state index in [1.165, 1.54) is 6.20 Å². The average Bonchev–Trinajstić information content (AvgIpc) is 3.35. The van der Waals surface area contributed by atoms with Gasteiger partial charge < -0.3 is 14.6 Å². The molecule has 0 saturated carbocycles. The summed E-state index contributed by atoms with van der Waals surface area (Å²) in [5.41, 5.74) is 3.12. The van der Waals surface area contributed by atoms with Gasteiger partial charge in [-0.25, -0.2) is 4.52 Å². The smallest absolute Gasteiger partial charge is 0.252 e. The topological polar surface area (TPSA) is 120 Å². The highest BCUT2D eigenvalue weighted by molar-refractivity contribution is 5.93. The second-order valence-corrected chi connectivity index (χ2v) is 8.40. The zero-order chi connectivity index (χ0) is 22.9. The summed E-state index contributed by atoms with van der Waals surface area (Å²) in [6, 6.07) is 5.27. The van der Waals surface area contributed by atoms with Crippen LogP contribution in [0.5, 0.6) is 5.88 Å². The third kappa shape index (κ3) is 4.16. The normalized spacial score (nSPS) is 11.7. The zero-order valence-corrected chi connectivity index (χ0v) is 18.7. The largest absolute Gasteiger partial charge is 0.470 e. The van der Waals surface area contributed by atoms with Gasteiger partial charge in [0.15, 0.2) is 5.69 Å². The third-order valence-electron chi connectivity index (χ3n) is 4.81. The Hall–Kier alpha value is -3.82. The van der Waals surface area contributed by atoms with E-state index in [9.17, 15) is 4.79 Å². The van der Waals surface area contributed by atoms with Crippen molar-refractivity contribution in [2.24, 2.45) is 0 Å². The van der Waals surface area contributed by atoms with Gasteiger partial charge in [-0.3, -0.25) is 9.78 Å². The number of nitrogens with zero attached hydrogens (tertiary/aromatic N) is 6. The minimum absolute atomic E-state index is 0.154. The highest BCUT2D eigenvalue weighted by Crippen LogP contribution is 2.35. The van der Waals surface area contributed by atoms with Crippen molar-refractivity contribution in [1.82, 2.24) is 35.3 Å². The van der Waals surface area contributed by atoms with Crippen LogP contribution in [0.1, 0.15) is 55.1 Å². The standard InChI is InChI=1S/C22H25N7O3/c1-6-23-20(30)14-7-8-15(24-10-14)12-31-21-18(22(3,4)5)17-11-25-26-19(29(17)27-21)16-9-13(2)32-28-16/h7-11H,6,12H2,1-5H3,(H,23,30). The summed E-state index contributed by atoms with van der Waals surface area (Å²) in [5.74, 6) is 1.44. The van der Waals surface area contributed by atoms with Crippen molar-refractivity contribution in [2.75, 3.05) is 6.54 Å². The van der Waals surface area contributed by atoms with Crippen LogP contribution in [-0.2, 0) is 12.0 Å². The lowest BCUT2D eigenvalue weighted by atomic mass is 9.88. The van der Waals surface area contributed by atoms with Crippen LogP contribution in [0.25, 0.3) is 17.0 Å². The van der Waals surface area contributed by atoms with E-state index in [2.05, 4.69) is 51.5 Å². The Bertz CT molecular complexity index is 1250. The summed E-state index contributed by atoms with van der Waals surface area (Å²) >= 11 is 0. The summed E-state index contributed by atoms with van der Waals surface area (Å²) in [4.78, 5) is 16.3. The highest BCUT2D eigenvalue weighted by Gasteiger charge is 2.28. The van der Waals surface area contributed by atoms with Gasteiger partial charge in [0.25, 0.3) is 5.91 Å². The van der Waals surface area contributed by atoms with Crippen LogP contribution >= 0.6 is 0 Å². The molecule has 32 heavy (non-hydrogen) atoms. The molecule has 0 bridgehead atoms. The number of aromatic nitrogens is 6. The number of hydrogen-bond acceptors (Lipinski definition) is 8. The number of fused-ring (bicyclic) bond motifs is 1.